The van der Waals surface area contributed by atoms with Crippen LogP contribution in [0.4, 0.5) is 5.69 Å². The molecule has 0 radical (unpaired) electrons. The third kappa shape index (κ3) is 5.88. The van der Waals surface area contributed by atoms with Gasteiger partial charge in [0.2, 0.25) is 11.8 Å². The summed E-state index contributed by atoms with van der Waals surface area (Å²) < 4.78 is 0. The minimum atomic E-state index is -0.366. The normalized spacial score (nSPS) is 19.1. The van der Waals surface area contributed by atoms with Crippen molar-refractivity contribution in [2.45, 2.75) is 31.1 Å². The van der Waals surface area contributed by atoms with Crippen LogP contribution in [0.1, 0.15) is 26.2 Å². The first-order valence-electron chi connectivity index (χ1n) is 8.07. The molecule has 2 rings (SSSR count). The molecule has 2 amide bonds. The van der Waals surface area contributed by atoms with Crippen molar-refractivity contribution in [2.24, 2.45) is 17.6 Å². The quantitative estimate of drug-likeness (QED) is 0.667. The van der Waals surface area contributed by atoms with E-state index in [1.54, 1.807) is 0 Å². The molecule has 0 aliphatic carbocycles. The van der Waals surface area contributed by atoms with Crippen molar-refractivity contribution in [1.82, 2.24) is 5.32 Å². The summed E-state index contributed by atoms with van der Waals surface area (Å²) in [4.78, 5) is 24.1. The van der Waals surface area contributed by atoms with E-state index < -0.39 is 0 Å². The van der Waals surface area contributed by atoms with E-state index in [1.165, 1.54) is 24.6 Å². The van der Waals surface area contributed by atoms with E-state index in [0.29, 0.717) is 18.3 Å². The molecule has 1 heterocycles. The second-order valence-electron chi connectivity index (χ2n) is 6.09. The molecule has 2 unspecified atom stereocenters. The SMILES string of the molecule is CC(CC(=O)Nc1ccccc1SCC(N)=O)C1CCCNC1. The van der Waals surface area contributed by atoms with Gasteiger partial charge in [-0.3, -0.25) is 9.59 Å². The van der Waals surface area contributed by atoms with Crippen LogP contribution in [0.25, 0.3) is 0 Å². The van der Waals surface area contributed by atoms with Gasteiger partial charge in [-0.15, -0.1) is 11.8 Å². The number of hydrogen-bond donors (Lipinski definition) is 3. The van der Waals surface area contributed by atoms with Crippen molar-refractivity contribution in [2.75, 3.05) is 24.2 Å². The molecule has 1 fully saturated rings. The molecule has 4 N–H and O–H groups in total. The number of anilines is 1. The lowest BCUT2D eigenvalue weighted by atomic mass is 9.85. The van der Waals surface area contributed by atoms with E-state index in [2.05, 4.69) is 17.6 Å². The Hall–Kier alpha value is -1.53. The fraction of sp³-hybridized carbons (Fsp3) is 0.529. The van der Waals surface area contributed by atoms with Gasteiger partial charge in [0.1, 0.15) is 0 Å². The second-order valence-corrected chi connectivity index (χ2v) is 7.10. The molecule has 1 aromatic rings. The van der Waals surface area contributed by atoms with Gasteiger partial charge >= 0.3 is 0 Å². The molecule has 0 bridgehead atoms. The Morgan fingerprint density at radius 3 is 2.91 bits per heavy atom. The fourth-order valence-corrected chi connectivity index (χ4v) is 3.62. The van der Waals surface area contributed by atoms with Gasteiger partial charge in [-0.05, 0) is 49.9 Å². The molecule has 1 saturated heterocycles. The lowest BCUT2D eigenvalue weighted by Crippen LogP contribution is -2.34. The highest BCUT2D eigenvalue weighted by molar-refractivity contribution is 8.00. The number of amides is 2. The lowest BCUT2D eigenvalue weighted by molar-refractivity contribution is -0.117. The average molecular weight is 335 g/mol. The largest absolute Gasteiger partial charge is 0.369 e. The number of benzene rings is 1. The summed E-state index contributed by atoms with van der Waals surface area (Å²) in [6.07, 6.45) is 2.89. The molecule has 126 valence electrons. The molecule has 1 aliphatic heterocycles. The number of para-hydroxylation sites is 1. The Bertz CT molecular complexity index is 544. The van der Waals surface area contributed by atoms with Crippen molar-refractivity contribution in [3.63, 3.8) is 0 Å². The highest BCUT2D eigenvalue weighted by atomic mass is 32.2. The predicted octanol–water partition coefficient (Wildman–Crippen LogP) is 2.23. The van der Waals surface area contributed by atoms with E-state index in [-0.39, 0.29) is 17.6 Å². The minimum Gasteiger partial charge on any atom is -0.369 e. The average Bonchev–Trinajstić information content (AvgIpc) is 2.54. The molecule has 23 heavy (non-hydrogen) atoms. The number of rotatable bonds is 7. The summed E-state index contributed by atoms with van der Waals surface area (Å²) >= 11 is 1.34. The Labute approximate surface area is 141 Å². The molecule has 1 aliphatic rings. The van der Waals surface area contributed by atoms with Crippen LogP contribution in [-0.2, 0) is 9.59 Å². The standard InChI is InChI=1S/C17H25N3O2S/c1-12(13-5-4-8-19-10-13)9-17(22)20-14-6-2-3-7-15(14)23-11-16(18)21/h2-3,6-7,12-13,19H,4-5,8-11H2,1H3,(H2,18,21)(H,20,22). The van der Waals surface area contributed by atoms with Crippen molar-refractivity contribution in [3.05, 3.63) is 24.3 Å². The number of thioether (sulfide) groups is 1. The topological polar surface area (TPSA) is 84.2 Å². The third-order valence-electron chi connectivity index (χ3n) is 4.18. The Morgan fingerprint density at radius 1 is 1.43 bits per heavy atom. The van der Waals surface area contributed by atoms with E-state index >= 15 is 0 Å². The maximum Gasteiger partial charge on any atom is 0.227 e. The summed E-state index contributed by atoms with van der Waals surface area (Å²) in [6.45, 7) is 4.23. The number of piperidine rings is 1. The van der Waals surface area contributed by atoms with Crippen LogP contribution in [0.3, 0.4) is 0 Å². The number of carbonyl (C=O) groups excluding carboxylic acids is 2. The summed E-state index contributed by atoms with van der Waals surface area (Å²) in [7, 11) is 0. The van der Waals surface area contributed by atoms with Crippen molar-refractivity contribution < 1.29 is 9.59 Å². The number of hydrogen-bond acceptors (Lipinski definition) is 4. The van der Waals surface area contributed by atoms with Gasteiger partial charge in [0.25, 0.3) is 0 Å². The zero-order valence-electron chi connectivity index (χ0n) is 13.5. The first kappa shape index (κ1) is 17.8. The van der Waals surface area contributed by atoms with Crippen molar-refractivity contribution in [3.8, 4) is 0 Å². The Balaban J connectivity index is 1.90. The first-order valence-corrected chi connectivity index (χ1v) is 9.05. The number of primary amides is 1. The smallest absolute Gasteiger partial charge is 0.227 e. The van der Waals surface area contributed by atoms with Crippen LogP contribution in [-0.4, -0.2) is 30.7 Å². The van der Waals surface area contributed by atoms with E-state index in [4.69, 9.17) is 5.73 Å². The van der Waals surface area contributed by atoms with Gasteiger partial charge < -0.3 is 16.4 Å². The van der Waals surface area contributed by atoms with Crippen LogP contribution in [0.2, 0.25) is 0 Å². The molecule has 0 spiro atoms. The minimum absolute atomic E-state index is 0.0233. The summed E-state index contributed by atoms with van der Waals surface area (Å²) in [5, 5.41) is 6.37. The van der Waals surface area contributed by atoms with Crippen LogP contribution in [0.15, 0.2) is 29.2 Å². The molecule has 6 heteroatoms. The second kappa shape index (κ2) is 8.93. The Kier molecular flexibility index (Phi) is 6.92. The monoisotopic (exact) mass is 335 g/mol. The molecular formula is C17H25N3O2S. The molecule has 0 saturated carbocycles. The van der Waals surface area contributed by atoms with Crippen LogP contribution in [0, 0.1) is 11.8 Å². The van der Waals surface area contributed by atoms with Gasteiger partial charge in [-0.1, -0.05) is 19.1 Å². The fourth-order valence-electron chi connectivity index (χ4n) is 2.87. The van der Waals surface area contributed by atoms with Crippen LogP contribution < -0.4 is 16.4 Å². The summed E-state index contributed by atoms with van der Waals surface area (Å²) in [5.41, 5.74) is 5.93. The van der Waals surface area contributed by atoms with Crippen molar-refractivity contribution >= 4 is 29.3 Å². The molecule has 0 aromatic heterocycles. The molecule has 5 nitrogen and oxygen atoms in total. The lowest BCUT2D eigenvalue weighted by Gasteiger charge is -2.28. The van der Waals surface area contributed by atoms with Gasteiger partial charge in [0, 0.05) is 11.3 Å². The number of carbonyl (C=O) groups is 2. The zero-order valence-corrected chi connectivity index (χ0v) is 14.3. The maximum absolute atomic E-state index is 12.3. The van der Waals surface area contributed by atoms with Gasteiger partial charge in [-0.25, -0.2) is 0 Å². The molecule has 1 aromatic carbocycles. The number of nitrogens with two attached hydrogens (primary N) is 1. The van der Waals surface area contributed by atoms with E-state index in [1.807, 2.05) is 24.3 Å². The zero-order chi connectivity index (χ0) is 16.7. The van der Waals surface area contributed by atoms with Crippen molar-refractivity contribution in [1.29, 1.82) is 0 Å². The summed E-state index contributed by atoms with van der Waals surface area (Å²) in [6, 6.07) is 7.50. The Morgan fingerprint density at radius 2 is 2.22 bits per heavy atom. The first-order chi connectivity index (χ1) is 11.1. The highest BCUT2D eigenvalue weighted by Crippen LogP contribution is 2.28. The maximum atomic E-state index is 12.3. The van der Waals surface area contributed by atoms with Gasteiger partial charge in [-0.2, -0.15) is 0 Å². The predicted molar refractivity (Wildman–Crippen MR) is 94.4 cm³/mol. The highest BCUT2D eigenvalue weighted by Gasteiger charge is 2.22. The van der Waals surface area contributed by atoms with Gasteiger partial charge in [0.15, 0.2) is 0 Å². The van der Waals surface area contributed by atoms with Crippen LogP contribution >= 0.6 is 11.8 Å². The van der Waals surface area contributed by atoms with Gasteiger partial charge in [0.05, 0.1) is 11.4 Å². The molecular weight excluding hydrogens is 310 g/mol. The van der Waals surface area contributed by atoms with E-state index in [0.717, 1.165) is 23.7 Å². The third-order valence-corrected chi connectivity index (χ3v) is 5.27. The van der Waals surface area contributed by atoms with Crippen LogP contribution in [0.5, 0.6) is 0 Å². The van der Waals surface area contributed by atoms with E-state index in [9.17, 15) is 9.59 Å². The summed E-state index contributed by atoms with van der Waals surface area (Å²) in [5.74, 6) is 0.781. The molecule has 2 atom stereocenters. The number of nitrogens with one attached hydrogen (secondary N) is 2.